The van der Waals surface area contributed by atoms with Crippen molar-refractivity contribution in [3.05, 3.63) is 65.9 Å². The lowest BCUT2D eigenvalue weighted by Crippen LogP contribution is -2.34. The highest BCUT2D eigenvalue weighted by molar-refractivity contribution is 6.13. The zero-order valence-corrected chi connectivity index (χ0v) is 22.3. The van der Waals surface area contributed by atoms with E-state index < -0.39 is 0 Å². The van der Waals surface area contributed by atoms with Crippen molar-refractivity contribution in [2.24, 2.45) is 0 Å². The molecular weight excluding hydrogens is 480 g/mol. The summed E-state index contributed by atoms with van der Waals surface area (Å²) >= 11 is 0. The Kier molecular flexibility index (Phi) is 7.20. The van der Waals surface area contributed by atoms with E-state index in [0.29, 0.717) is 53.3 Å². The second-order valence-corrected chi connectivity index (χ2v) is 9.70. The number of amides is 2. The fourth-order valence-electron chi connectivity index (χ4n) is 4.97. The lowest BCUT2D eigenvalue weighted by atomic mass is 10.1. The molecule has 38 heavy (non-hydrogen) atoms. The first-order chi connectivity index (χ1) is 18.4. The molecule has 0 radical (unpaired) electrons. The minimum atomic E-state index is -0.0813. The molecule has 2 aliphatic rings. The van der Waals surface area contributed by atoms with E-state index in [9.17, 15) is 9.59 Å². The van der Waals surface area contributed by atoms with Crippen LogP contribution in [0.1, 0.15) is 41.0 Å². The fraction of sp³-hybridized carbons (Fsp3) is 0.345. The molecule has 1 saturated heterocycles. The maximum absolute atomic E-state index is 13.2. The van der Waals surface area contributed by atoms with Crippen LogP contribution in [0, 0.1) is 0 Å². The number of pyridine rings is 1. The zero-order chi connectivity index (χ0) is 26.8. The summed E-state index contributed by atoms with van der Waals surface area (Å²) in [5.74, 6) is 1.11. The van der Waals surface area contributed by atoms with E-state index in [4.69, 9.17) is 4.74 Å². The van der Waals surface area contributed by atoms with Crippen LogP contribution in [0.25, 0.3) is 0 Å². The van der Waals surface area contributed by atoms with Gasteiger partial charge in [-0.1, -0.05) is 12.1 Å². The molecule has 5 rings (SSSR count). The van der Waals surface area contributed by atoms with Gasteiger partial charge in [-0.2, -0.15) is 0 Å². The molecule has 198 valence electrons. The number of hydrogen-bond acceptors (Lipinski definition) is 7. The Balaban J connectivity index is 1.43. The number of carbonyl (C=O) groups excluding carboxylic acids is 2. The second-order valence-electron chi connectivity index (χ2n) is 9.70. The Hall–Kier alpha value is -4.11. The zero-order valence-electron chi connectivity index (χ0n) is 22.3. The Labute approximate surface area is 223 Å². The van der Waals surface area contributed by atoms with Gasteiger partial charge in [0, 0.05) is 51.4 Å². The largest absolute Gasteiger partial charge is 0.492 e. The van der Waals surface area contributed by atoms with E-state index in [1.807, 2.05) is 66.2 Å². The van der Waals surface area contributed by atoms with E-state index in [1.54, 1.807) is 24.2 Å². The van der Waals surface area contributed by atoms with E-state index in [-0.39, 0.29) is 11.8 Å². The molecule has 9 nitrogen and oxygen atoms in total. The number of anilines is 5. The molecule has 0 spiro atoms. The molecule has 0 bridgehead atoms. The van der Waals surface area contributed by atoms with Crippen LogP contribution >= 0.6 is 0 Å². The molecule has 0 aliphatic carbocycles. The molecule has 2 amide bonds. The van der Waals surface area contributed by atoms with Gasteiger partial charge in [0.1, 0.15) is 11.6 Å². The SMILES string of the molecule is CCOc1cc(C(=O)N2CCNC(C)CC2)ccc1Nc1cc2c(cn1)N(C)C(=O)c1ccccc1N2C. The van der Waals surface area contributed by atoms with E-state index in [0.717, 1.165) is 30.9 Å². The van der Waals surface area contributed by atoms with Gasteiger partial charge in [-0.15, -0.1) is 0 Å². The van der Waals surface area contributed by atoms with Gasteiger partial charge in [0.15, 0.2) is 0 Å². The Bertz CT molecular complexity index is 1360. The van der Waals surface area contributed by atoms with E-state index in [2.05, 4.69) is 22.5 Å². The minimum Gasteiger partial charge on any atom is -0.492 e. The highest BCUT2D eigenvalue weighted by Gasteiger charge is 2.28. The number of aromatic nitrogens is 1. The van der Waals surface area contributed by atoms with Gasteiger partial charge >= 0.3 is 0 Å². The minimum absolute atomic E-state index is 0.00422. The molecular formula is C29H34N6O3. The molecule has 9 heteroatoms. The van der Waals surface area contributed by atoms with Crippen LogP contribution in [0.5, 0.6) is 5.75 Å². The lowest BCUT2D eigenvalue weighted by Gasteiger charge is -2.23. The van der Waals surface area contributed by atoms with E-state index in [1.165, 1.54) is 0 Å². The predicted molar refractivity (Wildman–Crippen MR) is 150 cm³/mol. The number of para-hydroxylation sites is 1. The van der Waals surface area contributed by atoms with Crippen molar-refractivity contribution in [2.45, 2.75) is 26.3 Å². The van der Waals surface area contributed by atoms with Crippen molar-refractivity contribution in [3.63, 3.8) is 0 Å². The van der Waals surface area contributed by atoms with Crippen LogP contribution in [0.4, 0.5) is 28.6 Å². The van der Waals surface area contributed by atoms with Crippen LogP contribution < -0.4 is 25.2 Å². The molecule has 1 unspecified atom stereocenters. The average Bonchev–Trinajstić information content (AvgIpc) is 3.20. The standard InChI is InChI=1S/C29H34N6O3/c1-5-38-26-16-20(28(36)35-14-12-19(2)30-13-15-35)10-11-22(26)32-27-17-24-25(18-31-27)34(4)29(37)21-8-6-7-9-23(21)33(24)3/h6-11,16-19,30H,5,12-15H2,1-4H3,(H,31,32). The van der Waals surface area contributed by atoms with Crippen LogP contribution in [0.2, 0.25) is 0 Å². The number of nitrogens with zero attached hydrogens (tertiary/aromatic N) is 4. The van der Waals surface area contributed by atoms with Gasteiger partial charge in [-0.05, 0) is 50.6 Å². The molecule has 2 aliphatic heterocycles. The van der Waals surface area contributed by atoms with Crippen molar-refractivity contribution in [1.82, 2.24) is 15.2 Å². The van der Waals surface area contributed by atoms with E-state index >= 15 is 0 Å². The number of nitrogens with one attached hydrogen (secondary N) is 2. The fourth-order valence-corrected chi connectivity index (χ4v) is 4.97. The summed E-state index contributed by atoms with van der Waals surface area (Å²) in [6, 6.07) is 15.4. The summed E-state index contributed by atoms with van der Waals surface area (Å²) in [6.07, 6.45) is 2.62. The van der Waals surface area contributed by atoms with Gasteiger partial charge in [-0.3, -0.25) is 9.59 Å². The molecule has 1 fully saturated rings. The van der Waals surface area contributed by atoms with Crippen LogP contribution in [0.3, 0.4) is 0 Å². The van der Waals surface area contributed by atoms with Crippen LogP contribution in [-0.2, 0) is 0 Å². The third-order valence-corrected chi connectivity index (χ3v) is 7.17. The number of fused-ring (bicyclic) bond motifs is 2. The highest BCUT2D eigenvalue weighted by atomic mass is 16.5. The smallest absolute Gasteiger partial charge is 0.260 e. The first-order valence-electron chi connectivity index (χ1n) is 13.0. The molecule has 3 aromatic rings. The van der Waals surface area contributed by atoms with Crippen LogP contribution in [0.15, 0.2) is 54.7 Å². The quantitative estimate of drug-likeness (QED) is 0.521. The van der Waals surface area contributed by atoms with Gasteiger partial charge in [0.05, 0.1) is 41.1 Å². The monoisotopic (exact) mass is 514 g/mol. The average molecular weight is 515 g/mol. The molecule has 1 aromatic heterocycles. The summed E-state index contributed by atoms with van der Waals surface area (Å²) in [7, 11) is 3.70. The molecule has 1 atom stereocenters. The van der Waals surface area contributed by atoms with Crippen molar-refractivity contribution in [2.75, 3.05) is 55.5 Å². The molecule has 3 heterocycles. The predicted octanol–water partition coefficient (Wildman–Crippen LogP) is 4.41. The summed E-state index contributed by atoms with van der Waals surface area (Å²) in [4.78, 5) is 36.4. The maximum Gasteiger partial charge on any atom is 0.260 e. The summed E-state index contributed by atoms with van der Waals surface area (Å²) in [5, 5.41) is 6.79. The van der Waals surface area contributed by atoms with Gasteiger partial charge in [-0.25, -0.2) is 4.98 Å². The third kappa shape index (κ3) is 4.89. The molecule has 2 aromatic carbocycles. The van der Waals surface area contributed by atoms with Crippen molar-refractivity contribution >= 4 is 40.4 Å². The second kappa shape index (κ2) is 10.7. The third-order valence-electron chi connectivity index (χ3n) is 7.17. The highest BCUT2D eigenvalue weighted by Crippen LogP contribution is 2.40. The topological polar surface area (TPSA) is 90.0 Å². The lowest BCUT2D eigenvalue weighted by molar-refractivity contribution is 0.0765. The Morgan fingerprint density at radius 3 is 2.71 bits per heavy atom. The number of rotatable bonds is 5. The number of benzene rings is 2. The number of carbonyl (C=O) groups is 2. The Morgan fingerprint density at radius 1 is 1.08 bits per heavy atom. The maximum atomic E-state index is 13.2. The van der Waals surface area contributed by atoms with Crippen LogP contribution in [-0.4, -0.2) is 68.1 Å². The van der Waals surface area contributed by atoms with Gasteiger partial charge in [0.25, 0.3) is 11.8 Å². The summed E-state index contributed by atoms with van der Waals surface area (Å²) in [6.45, 7) is 6.71. The van der Waals surface area contributed by atoms with Crippen molar-refractivity contribution in [3.8, 4) is 5.75 Å². The Morgan fingerprint density at radius 2 is 1.89 bits per heavy atom. The summed E-state index contributed by atoms with van der Waals surface area (Å²) in [5.41, 5.74) is 4.33. The first-order valence-corrected chi connectivity index (χ1v) is 13.0. The molecule has 2 N–H and O–H groups in total. The normalized spacial score (nSPS) is 17.3. The summed E-state index contributed by atoms with van der Waals surface area (Å²) < 4.78 is 5.92. The van der Waals surface area contributed by atoms with Crippen molar-refractivity contribution in [1.29, 1.82) is 0 Å². The van der Waals surface area contributed by atoms with Gasteiger partial charge in [0.2, 0.25) is 0 Å². The first kappa shape index (κ1) is 25.5. The number of ether oxygens (including phenoxy) is 1. The number of hydrogen-bond donors (Lipinski definition) is 2. The van der Waals surface area contributed by atoms with Crippen molar-refractivity contribution < 1.29 is 14.3 Å². The van der Waals surface area contributed by atoms with Gasteiger partial charge < -0.3 is 30.1 Å². The molecule has 0 saturated carbocycles.